The van der Waals surface area contributed by atoms with Gasteiger partial charge in [0.05, 0.1) is 11.9 Å². The Morgan fingerprint density at radius 3 is 2.46 bits per heavy atom. The molecule has 0 aliphatic carbocycles. The van der Waals surface area contributed by atoms with E-state index in [0.717, 1.165) is 6.26 Å². The minimum atomic E-state index is -3.30. The maximum absolute atomic E-state index is 10.9. The first-order chi connectivity index (χ1) is 6.03. The average Bonchev–Trinajstić information content (AvgIpc) is 2.02. The van der Waals surface area contributed by atoms with Gasteiger partial charge in [0, 0.05) is 5.56 Å². The molecule has 0 saturated carbocycles. The van der Waals surface area contributed by atoms with Crippen LogP contribution in [0.4, 0.5) is 5.69 Å². The second-order valence-corrected chi connectivity index (χ2v) is 4.42. The zero-order valence-electron chi connectivity index (χ0n) is 7.15. The molecule has 0 heterocycles. The zero-order chi connectivity index (χ0) is 9.90. The fourth-order valence-corrected chi connectivity index (χ4v) is 1.54. The minimum absolute atomic E-state index is 0.361. The molecule has 0 aliphatic rings. The molecule has 0 aromatic heterocycles. The van der Waals surface area contributed by atoms with Crippen LogP contribution in [-0.2, 0) is 21.7 Å². The molecular weight excluding hydrogens is 190 g/mol. The smallest absolute Gasteiger partial charge is 0.229 e. The highest BCUT2D eigenvalue weighted by Gasteiger charge is 2.05. The van der Waals surface area contributed by atoms with Crippen molar-refractivity contribution in [2.45, 2.75) is 6.61 Å². The number of sulfonamides is 1. The maximum Gasteiger partial charge on any atom is 0.229 e. The lowest BCUT2D eigenvalue weighted by atomic mass is 10.2. The van der Waals surface area contributed by atoms with Crippen molar-refractivity contribution in [1.29, 1.82) is 0 Å². The van der Waals surface area contributed by atoms with E-state index in [9.17, 15) is 13.5 Å². The molecule has 0 fully saturated rings. The van der Waals surface area contributed by atoms with Crippen molar-refractivity contribution in [1.82, 2.24) is 0 Å². The van der Waals surface area contributed by atoms with Crippen LogP contribution in [-0.4, -0.2) is 14.7 Å². The van der Waals surface area contributed by atoms with Crippen molar-refractivity contribution in [2.75, 3.05) is 11.0 Å². The highest BCUT2D eigenvalue weighted by molar-refractivity contribution is 7.92. The van der Waals surface area contributed by atoms with Crippen LogP contribution in [0.15, 0.2) is 24.3 Å². The Balaban J connectivity index is 3.01. The van der Waals surface area contributed by atoms with E-state index in [1.54, 1.807) is 24.3 Å². The van der Waals surface area contributed by atoms with E-state index < -0.39 is 16.6 Å². The van der Waals surface area contributed by atoms with Gasteiger partial charge in [0.15, 0.2) is 0 Å². The largest absolute Gasteiger partial charge is 0.283 e. The van der Waals surface area contributed by atoms with Crippen molar-refractivity contribution < 1.29 is 13.5 Å². The van der Waals surface area contributed by atoms with Crippen LogP contribution < -0.4 is 4.72 Å². The quantitative estimate of drug-likeness (QED) is 0.790. The van der Waals surface area contributed by atoms with Gasteiger partial charge in [0.1, 0.15) is 6.61 Å². The number of anilines is 1. The van der Waals surface area contributed by atoms with Crippen LogP contribution in [0.3, 0.4) is 0 Å². The van der Waals surface area contributed by atoms with E-state index in [0.29, 0.717) is 11.3 Å². The van der Waals surface area contributed by atoms with E-state index >= 15 is 0 Å². The Morgan fingerprint density at radius 1 is 1.31 bits per heavy atom. The molecule has 1 N–H and O–H groups in total. The third kappa shape index (κ3) is 3.04. The number of para-hydroxylation sites is 1. The number of hydrogen-bond donors (Lipinski definition) is 1. The van der Waals surface area contributed by atoms with Crippen molar-refractivity contribution in [3.05, 3.63) is 29.8 Å². The van der Waals surface area contributed by atoms with Crippen LogP contribution >= 0.6 is 0 Å². The second kappa shape index (κ2) is 3.76. The fraction of sp³-hybridized carbons (Fsp3) is 0.250. The lowest BCUT2D eigenvalue weighted by Crippen LogP contribution is -2.11. The standard InChI is InChI=1S/C8H10NO3S/c1-13(11,12)9-8-5-3-2-4-7(8)6-10/h2-5,9H,6H2,1H3. The molecule has 71 valence electrons. The summed E-state index contributed by atoms with van der Waals surface area (Å²) in [6.45, 7) is -0.432. The van der Waals surface area contributed by atoms with E-state index in [2.05, 4.69) is 4.72 Å². The average molecular weight is 200 g/mol. The van der Waals surface area contributed by atoms with Gasteiger partial charge in [0.25, 0.3) is 0 Å². The molecule has 5 heteroatoms. The molecule has 1 radical (unpaired) electrons. The molecule has 1 aromatic carbocycles. The van der Waals surface area contributed by atoms with Crippen LogP contribution in [0.2, 0.25) is 0 Å². The molecule has 4 nitrogen and oxygen atoms in total. The monoisotopic (exact) mass is 200 g/mol. The minimum Gasteiger partial charge on any atom is -0.283 e. The normalized spacial score (nSPS) is 11.2. The Bertz CT molecular complexity index is 386. The molecule has 1 aromatic rings. The summed E-state index contributed by atoms with van der Waals surface area (Å²) in [4.78, 5) is 0. The molecule has 0 bridgehead atoms. The highest BCUT2D eigenvalue weighted by Crippen LogP contribution is 2.15. The molecule has 0 atom stereocenters. The first-order valence-corrected chi connectivity index (χ1v) is 5.56. The number of benzene rings is 1. The molecule has 13 heavy (non-hydrogen) atoms. The zero-order valence-corrected chi connectivity index (χ0v) is 7.97. The summed E-state index contributed by atoms with van der Waals surface area (Å²) in [7, 11) is -3.30. The van der Waals surface area contributed by atoms with Crippen LogP contribution in [0.25, 0.3) is 0 Å². The second-order valence-electron chi connectivity index (χ2n) is 2.68. The van der Waals surface area contributed by atoms with E-state index in [1.165, 1.54) is 0 Å². The van der Waals surface area contributed by atoms with E-state index in [1.807, 2.05) is 0 Å². The summed E-state index contributed by atoms with van der Waals surface area (Å²) in [5.41, 5.74) is 0.813. The molecule has 0 amide bonds. The SMILES string of the molecule is CS(=O)(=O)Nc1ccccc1C[O]. The first kappa shape index (κ1) is 10.0. The van der Waals surface area contributed by atoms with E-state index in [4.69, 9.17) is 0 Å². The molecule has 0 unspecified atom stereocenters. The van der Waals surface area contributed by atoms with Crippen molar-refractivity contribution in [2.24, 2.45) is 0 Å². The summed E-state index contributed by atoms with van der Waals surface area (Å²) in [6.07, 6.45) is 1.05. The van der Waals surface area contributed by atoms with Gasteiger partial charge in [-0.15, -0.1) is 0 Å². The Kier molecular flexibility index (Phi) is 2.90. The molecule has 0 saturated heterocycles. The lowest BCUT2D eigenvalue weighted by molar-refractivity contribution is 0.178. The van der Waals surface area contributed by atoms with Crippen LogP contribution in [0.5, 0.6) is 0 Å². The summed E-state index contributed by atoms with van der Waals surface area (Å²) in [5, 5.41) is 10.6. The van der Waals surface area contributed by atoms with Gasteiger partial charge in [-0.2, -0.15) is 0 Å². The number of nitrogens with one attached hydrogen (secondary N) is 1. The van der Waals surface area contributed by atoms with Crippen molar-refractivity contribution >= 4 is 15.7 Å². The Morgan fingerprint density at radius 2 is 1.92 bits per heavy atom. The maximum atomic E-state index is 10.9. The summed E-state index contributed by atoms with van der Waals surface area (Å²) in [6, 6.07) is 6.53. The first-order valence-electron chi connectivity index (χ1n) is 3.67. The van der Waals surface area contributed by atoms with Crippen LogP contribution in [0, 0.1) is 0 Å². The van der Waals surface area contributed by atoms with Gasteiger partial charge >= 0.3 is 0 Å². The third-order valence-corrected chi connectivity index (χ3v) is 2.06. The molecular formula is C8H10NO3S. The molecule has 0 aliphatic heterocycles. The Hall–Kier alpha value is -1.07. The lowest BCUT2D eigenvalue weighted by Gasteiger charge is -2.06. The summed E-state index contributed by atoms with van der Waals surface area (Å²) < 4.78 is 24.0. The Labute approximate surface area is 77.3 Å². The fourth-order valence-electron chi connectivity index (χ4n) is 0.945. The van der Waals surface area contributed by atoms with Gasteiger partial charge in [0.2, 0.25) is 10.0 Å². The van der Waals surface area contributed by atoms with Gasteiger partial charge in [-0.1, -0.05) is 18.2 Å². The number of hydrogen-bond acceptors (Lipinski definition) is 2. The van der Waals surface area contributed by atoms with Gasteiger partial charge < -0.3 is 0 Å². The summed E-state index contributed by atoms with van der Waals surface area (Å²) in [5.74, 6) is 0. The predicted octanol–water partition coefficient (Wildman–Crippen LogP) is 0.989. The van der Waals surface area contributed by atoms with Gasteiger partial charge in [-0.05, 0) is 6.07 Å². The molecule has 1 rings (SSSR count). The topological polar surface area (TPSA) is 66.1 Å². The highest BCUT2D eigenvalue weighted by atomic mass is 32.2. The van der Waals surface area contributed by atoms with Gasteiger partial charge in [-0.25, -0.2) is 13.5 Å². The van der Waals surface area contributed by atoms with Crippen molar-refractivity contribution in [3.63, 3.8) is 0 Å². The predicted molar refractivity (Wildman–Crippen MR) is 49.3 cm³/mol. The van der Waals surface area contributed by atoms with Crippen molar-refractivity contribution in [3.8, 4) is 0 Å². The third-order valence-electron chi connectivity index (χ3n) is 1.47. The number of rotatable bonds is 3. The molecule has 0 spiro atoms. The van der Waals surface area contributed by atoms with Crippen LogP contribution in [0.1, 0.15) is 5.56 Å². The van der Waals surface area contributed by atoms with Gasteiger partial charge in [-0.3, -0.25) is 4.72 Å². The summed E-state index contributed by atoms with van der Waals surface area (Å²) >= 11 is 0. The van der Waals surface area contributed by atoms with E-state index in [-0.39, 0.29) is 0 Å².